The van der Waals surface area contributed by atoms with E-state index >= 15 is 0 Å². The van der Waals surface area contributed by atoms with Crippen molar-refractivity contribution in [2.75, 3.05) is 20.7 Å². The summed E-state index contributed by atoms with van der Waals surface area (Å²) in [6.45, 7) is 0.0122. The van der Waals surface area contributed by atoms with Crippen LogP contribution in [0.3, 0.4) is 0 Å². The zero-order valence-electron chi connectivity index (χ0n) is 10.3. The summed E-state index contributed by atoms with van der Waals surface area (Å²) in [5.74, 6) is 0.459. The van der Waals surface area contributed by atoms with Gasteiger partial charge in [-0.3, -0.25) is 9.89 Å². The second-order valence-electron chi connectivity index (χ2n) is 4.01. The van der Waals surface area contributed by atoms with Gasteiger partial charge in [0.1, 0.15) is 5.75 Å². The molecule has 1 N–H and O–H groups in total. The number of hydrogen-bond acceptors (Lipinski definition) is 3. The second kappa shape index (κ2) is 5.35. The number of carbonyl (C=O) groups is 1. The summed E-state index contributed by atoms with van der Waals surface area (Å²) < 4.78 is 5.39. The van der Waals surface area contributed by atoms with Crippen molar-refractivity contribution in [3.05, 3.63) is 36.7 Å². The lowest BCUT2D eigenvalue weighted by Crippen LogP contribution is -2.27. The average molecular weight is 244 g/mol. The second-order valence-corrected chi connectivity index (χ2v) is 4.01. The molecule has 0 spiro atoms. The summed E-state index contributed by atoms with van der Waals surface area (Å²) in [5, 5.41) is 6.64. The van der Waals surface area contributed by atoms with E-state index in [0.29, 0.717) is 5.75 Å². The molecule has 18 heavy (non-hydrogen) atoms. The molecule has 0 atom stereocenters. The van der Waals surface area contributed by atoms with Crippen molar-refractivity contribution in [2.24, 2.45) is 0 Å². The summed E-state index contributed by atoms with van der Waals surface area (Å²) >= 11 is 0. The molecule has 0 aliphatic rings. The van der Waals surface area contributed by atoms with Crippen LogP contribution in [0.1, 0.15) is 0 Å². The highest BCUT2D eigenvalue weighted by Crippen LogP contribution is 2.22. The van der Waals surface area contributed by atoms with Gasteiger partial charge in [0.25, 0.3) is 5.91 Å². The molecule has 1 aromatic carbocycles. The third-order valence-electron chi connectivity index (χ3n) is 2.46. The number of amides is 1. The maximum atomic E-state index is 11.4. The van der Waals surface area contributed by atoms with Crippen molar-refractivity contribution in [3.63, 3.8) is 0 Å². The highest BCUT2D eigenvalue weighted by molar-refractivity contribution is 5.77. The van der Waals surface area contributed by atoms with Gasteiger partial charge in [-0.15, -0.1) is 0 Å². The summed E-state index contributed by atoms with van der Waals surface area (Å²) in [4.78, 5) is 12.9. The van der Waals surface area contributed by atoms with Crippen LogP contribution in [-0.2, 0) is 4.79 Å². The molecule has 0 saturated heterocycles. The molecule has 0 unspecified atom stereocenters. The quantitative estimate of drug-likeness (QED) is 0.883. The van der Waals surface area contributed by atoms with Gasteiger partial charge in [-0.25, -0.2) is 0 Å². The van der Waals surface area contributed by atoms with Crippen LogP contribution >= 0.6 is 0 Å². The minimum atomic E-state index is -0.0860. The number of aromatic nitrogens is 2. The lowest BCUT2D eigenvalue weighted by Gasteiger charge is -2.11. The number of ether oxygens (including phenoxy) is 1. The summed E-state index contributed by atoms with van der Waals surface area (Å²) in [6, 6.07) is 8.44. The summed E-state index contributed by atoms with van der Waals surface area (Å²) in [5.41, 5.74) is 1.93. The van der Waals surface area contributed by atoms with E-state index in [4.69, 9.17) is 4.74 Å². The molecule has 0 aliphatic heterocycles. The highest BCUT2D eigenvalue weighted by atomic mass is 16.5. The third kappa shape index (κ3) is 2.88. The fourth-order valence-corrected chi connectivity index (χ4v) is 1.38. The first-order valence-electron chi connectivity index (χ1n) is 5.50. The molecule has 0 aliphatic carbocycles. The van der Waals surface area contributed by atoms with E-state index in [9.17, 15) is 4.79 Å². The number of benzene rings is 1. The number of hydrogen-bond donors (Lipinski definition) is 1. The van der Waals surface area contributed by atoms with Gasteiger partial charge in [0.05, 0.1) is 6.20 Å². The Hall–Kier alpha value is -2.30. The SMILES string of the molecule is CN(C)C(=O)COc1[c]ccc(-c2cn[nH]c2)c1. The van der Waals surface area contributed by atoms with Crippen LogP contribution in [0.15, 0.2) is 30.6 Å². The Balaban J connectivity index is 2.06. The Labute approximate surface area is 105 Å². The molecule has 5 heteroatoms. The molecule has 0 saturated carbocycles. The Morgan fingerprint density at radius 2 is 2.33 bits per heavy atom. The summed E-state index contributed by atoms with van der Waals surface area (Å²) in [7, 11) is 3.38. The van der Waals surface area contributed by atoms with Crippen molar-refractivity contribution >= 4 is 5.91 Å². The lowest BCUT2D eigenvalue weighted by atomic mass is 10.1. The Bertz CT molecular complexity index is 521. The molecule has 0 bridgehead atoms. The molecular formula is C13H14N3O2. The molecule has 1 amide bonds. The van der Waals surface area contributed by atoms with Crippen molar-refractivity contribution < 1.29 is 9.53 Å². The smallest absolute Gasteiger partial charge is 0.259 e. The minimum absolute atomic E-state index is 0.0122. The van der Waals surface area contributed by atoms with Gasteiger partial charge in [-0.05, 0) is 17.7 Å². The zero-order chi connectivity index (χ0) is 13.0. The minimum Gasteiger partial charge on any atom is -0.483 e. The van der Waals surface area contributed by atoms with Gasteiger partial charge in [-0.1, -0.05) is 6.07 Å². The molecule has 1 aromatic heterocycles. The van der Waals surface area contributed by atoms with E-state index in [2.05, 4.69) is 16.3 Å². The molecule has 5 nitrogen and oxygen atoms in total. The predicted molar refractivity (Wildman–Crippen MR) is 67.0 cm³/mol. The molecule has 1 heterocycles. The van der Waals surface area contributed by atoms with Crippen molar-refractivity contribution in [3.8, 4) is 16.9 Å². The maximum Gasteiger partial charge on any atom is 0.259 e. The largest absolute Gasteiger partial charge is 0.483 e. The van der Waals surface area contributed by atoms with Crippen LogP contribution in [0, 0.1) is 6.07 Å². The van der Waals surface area contributed by atoms with Crippen LogP contribution in [0.2, 0.25) is 0 Å². The number of nitrogens with one attached hydrogen (secondary N) is 1. The topological polar surface area (TPSA) is 58.2 Å². The number of H-pyrrole nitrogens is 1. The molecule has 2 rings (SSSR count). The molecule has 1 radical (unpaired) electrons. The van der Waals surface area contributed by atoms with Gasteiger partial charge >= 0.3 is 0 Å². The number of aromatic amines is 1. The zero-order valence-corrected chi connectivity index (χ0v) is 10.3. The highest BCUT2D eigenvalue weighted by Gasteiger charge is 2.06. The summed E-state index contributed by atoms with van der Waals surface area (Å²) in [6.07, 6.45) is 3.52. The fourth-order valence-electron chi connectivity index (χ4n) is 1.38. The van der Waals surface area contributed by atoms with E-state index in [-0.39, 0.29) is 12.5 Å². The standard InChI is InChI=1S/C13H14N3O2/c1-16(2)13(17)9-18-12-5-3-4-10(6-12)11-7-14-15-8-11/h3-4,6-8H,9H2,1-2H3,(H,14,15). The van der Waals surface area contributed by atoms with Crippen LogP contribution in [0.5, 0.6) is 5.75 Å². The van der Waals surface area contributed by atoms with Gasteiger partial charge in [0, 0.05) is 31.9 Å². The molecular weight excluding hydrogens is 230 g/mol. The van der Waals surface area contributed by atoms with Crippen molar-refractivity contribution in [1.29, 1.82) is 0 Å². The van der Waals surface area contributed by atoms with Crippen LogP contribution in [0.25, 0.3) is 11.1 Å². The first-order chi connectivity index (χ1) is 8.66. The van der Waals surface area contributed by atoms with Crippen LogP contribution < -0.4 is 4.74 Å². The van der Waals surface area contributed by atoms with Crippen molar-refractivity contribution in [2.45, 2.75) is 0 Å². The van der Waals surface area contributed by atoms with E-state index in [1.54, 1.807) is 32.6 Å². The predicted octanol–water partition coefficient (Wildman–Crippen LogP) is 1.34. The first-order valence-corrected chi connectivity index (χ1v) is 5.50. The van der Waals surface area contributed by atoms with E-state index in [1.807, 2.05) is 12.1 Å². The fraction of sp³-hybridized carbons (Fsp3) is 0.231. The van der Waals surface area contributed by atoms with E-state index in [1.165, 1.54) is 4.90 Å². The molecule has 2 aromatic rings. The maximum absolute atomic E-state index is 11.4. The number of carbonyl (C=O) groups excluding carboxylic acids is 1. The van der Waals surface area contributed by atoms with Gasteiger partial charge in [-0.2, -0.15) is 5.10 Å². The van der Waals surface area contributed by atoms with Gasteiger partial charge in [0.2, 0.25) is 0 Å². The number of nitrogens with zero attached hydrogens (tertiary/aromatic N) is 2. The normalized spacial score (nSPS) is 10.1. The number of rotatable bonds is 4. The Morgan fingerprint density at radius 3 is 3.00 bits per heavy atom. The van der Waals surface area contributed by atoms with Crippen LogP contribution in [-0.4, -0.2) is 41.7 Å². The Morgan fingerprint density at radius 1 is 1.50 bits per heavy atom. The number of likely N-dealkylation sites (N-methyl/N-ethyl adjacent to an activating group) is 1. The molecule has 0 fully saturated rings. The van der Waals surface area contributed by atoms with Crippen molar-refractivity contribution in [1.82, 2.24) is 15.1 Å². The monoisotopic (exact) mass is 244 g/mol. The van der Waals surface area contributed by atoms with Gasteiger partial charge in [0.15, 0.2) is 6.61 Å². The van der Waals surface area contributed by atoms with E-state index in [0.717, 1.165) is 11.1 Å². The molecule has 93 valence electrons. The third-order valence-corrected chi connectivity index (χ3v) is 2.46. The van der Waals surface area contributed by atoms with Crippen LogP contribution in [0.4, 0.5) is 0 Å². The van der Waals surface area contributed by atoms with E-state index < -0.39 is 0 Å². The Kier molecular flexibility index (Phi) is 3.62. The average Bonchev–Trinajstić information content (AvgIpc) is 2.90. The first kappa shape index (κ1) is 12.2. The lowest BCUT2D eigenvalue weighted by molar-refractivity contribution is -0.130. The van der Waals surface area contributed by atoms with Gasteiger partial charge < -0.3 is 9.64 Å².